The van der Waals surface area contributed by atoms with Crippen molar-refractivity contribution in [1.82, 2.24) is 5.32 Å². The normalized spacial score (nSPS) is 13.8. The summed E-state index contributed by atoms with van der Waals surface area (Å²) < 4.78 is 1.15. The summed E-state index contributed by atoms with van der Waals surface area (Å²) in [6.45, 7) is 3.95. The molecule has 0 saturated heterocycles. The summed E-state index contributed by atoms with van der Waals surface area (Å²) in [5, 5.41) is 8.27. The number of hydrogen-bond acceptors (Lipinski definition) is 3. The van der Waals surface area contributed by atoms with E-state index in [9.17, 15) is 4.79 Å². The third-order valence-corrected chi connectivity index (χ3v) is 4.75. The van der Waals surface area contributed by atoms with Gasteiger partial charge in [0, 0.05) is 20.2 Å². The smallest absolute Gasteiger partial charge is 0.241 e. The molecule has 20 heavy (non-hydrogen) atoms. The van der Waals surface area contributed by atoms with Gasteiger partial charge in [0.1, 0.15) is 0 Å². The fraction of sp³-hybridized carbons (Fsp3) is 0.267. The van der Waals surface area contributed by atoms with E-state index in [4.69, 9.17) is 0 Å². The summed E-state index contributed by atoms with van der Waals surface area (Å²) in [6, 6.07) is 11.8. The van der Waals surface area contributed by atoms with Gasteiger partial charge >= 0.3 is 0 Å². The highest BCUT2D eigenvalue weighted by Gasteiger charge is 2.16. The van der Waals surface area contributed by atoms with Crippen molar-refractivity contribution >= 4 is 45.5 Å². The Bertz CT molecular complexity index is 554. The lowest BCUT2D eigenvalue weighted by molar-refractivity contribution is -0.117. The molecule has 3 nitrogen and oxygen atoms in total. The van der Waals surface area contributed by atoms with Crippen LogP contribution in [0, 0.1) is 3.57 Å². The molecule has 1 aromatic heterocycles. The zero-order chi connectivity index (χ0) is 14.5. The SMILES string of the molecule is CC(NC(C)c1cccs1)C(=O)Nc1ccc(I)cc1. The van der Waals surface area contributed by atoms with Crippen LogP contribution in [0.15, 0.2) is 41.8 Å². The number of carbonyl (C=O) groups excluding carboxylic acids is 1. The van der Waals surface area contributed by atoms with Crippen LogP contribution in [0.4, 0.5) is 5.69 Å². The van der Waals surface area contributed by atoms with E-state index in [0.29, 0.717) is 0 Å². The molecule has 0 fully saturated rings. The molecule has 0 radical (unpaired) electrons. The number of anilines is 1. The van der Waals surface area contributed by atoms with Gasteiger partial charge in [0.25, 0.3) is 0 Å². The molecule has 1 heterocycles. The van der Waals surface area contributed by atoms with Crippen LogP contribution in [0.1, 0.15) is 24.8 Å². The Balaban J connectivity index is 1.90. The predicted octanol–water partition coefficient (Wildman–Crippen LogP) is 4.03. The molecular formula is C15H17IN2OS. The van der Waals surface area contributed by atoms with Crippen molar-refractivity contribution < 1.29 is 4.79 Å². The van der Waals surface area contributed by atoms with Crippen LogP contribution in [0.5, 0.6) is 0 Å². The Morgan fingerprint density at radius 2 is 1.90 bits per heavy atom. The van der Waals surface area contributed by atoms with E-state index in [1.54, 1.807) is 11.3 Å². The Hall–Kier alpha value is -0.920. The Morgan fingerprint density at radius 1 is 1.20 bits per heavy atom. The van der Waals surface area contributed by atoms with Gasteiger partial charge in [0.05, 0.1) is 6.04 Å². The monoisotopic (exact) mass is 400 g/mol. The van der Waals surface area contributed by atoms with Crippen molar-refractivity contribution in [2.45, 2.75) is 25.9 Å². The van der Waals surface area contributed by atoms with Crippen molar-refractivity contribution in [1.29, 1.82) is 0 Å². The van der Waals surface area contributed by atoms with Crippen LogP contribution in [-0.2, 0) is 4.79 Å². The maximum Gasteiger partial charge on any atom is 0.241 e. The van der Waals surface area contributed by atoms with E-state index in [1.165, 1.54) is 4.88 Å². The number of halogens is 1. The summed E-state index contributed by atoms with van der Waals surface area (Å²) in [4.78, 5) is 13.4. The van der Waals surface area contributed by atoms with Gasteiger partial charge in [-0.3, -0.25) is 10.1 Å². The molecular weight excluding hydrogens is 383 g/mol. The number of amides is 1. The standard InChI is InChI=1S/C15H17IN2OS/c1-10(14-4-3-9-20-14)17-11(2)15(19)18-13-7-5-12(16)6-8-13/h3-11,17H,1-2H3,(H,18,19). The van der Waals surface area contributed by atoms with Gasteiger partial charge in [-0.2, -0.15) is 0 Å². The predicted molar refractivity (Wildman–Crippen MR) is 93.1 cm³/mol. The van der Waals surface area contributed by atoms with E-state index in [1.807, 2.05) is 42.6 Å². The molecule has 0 bridgehead atoms. The number of carbonyl (C=O) groups is 1. The Morgan fingerprint density at radius 3 is 2.50 bits per heavy atom. The highest BCUT2D eigenvalue weighted by atomic mass is 127. The lowest BCUT2D eigenvalue weighted by atomic mass is 10.2. The van der Waals surface area contributed by atoms with E-state index in [-0.39, 0.29) is 18.0 Å². The van der Waals surface area contributed by atoms with Crippen LogP contribution in [0.25, 0.3) is 0 Å². The molecule has 2 atom stereocenters. The zero-order valence-corrected chi connectivity index (χ0v) is 14.4. The number of benzene rings is 1. The summed E-state index contributed by atoms with van der Waals surface area (Å²) >= 11 is 3.94. The highest BCUT2D eigenvalue weighted by molar-refractivity contribution is 14.1. The van der Waals surface area contributed by atoms with Crippen molar-refractivity contribution in [2.24, 2.45) is 0 Å². The minimum atomic E-state index is -0.244. The Labute approximate surface area is 136 Å². The molecule has 5 heteroatoms. The second-order valence-electron chi connectivity index (χ2n) is 4.62. The molecule has 0 saturated carbocycles. The van der Waals surface area contributed by atoms with Crippen LogP contribution < -0.4 is 10.6 Å². The number of thiophene rings is 1. The maximum absolute atomic E-state index is 12.1. The fourth-order valence-electron chi connectivity index (χ4n) is 1.85. The number of rotatable bonds is 5. The number of hydrogen-bond donors (Lipinski definition) is 2. The Kier molecular flexibility index (Phi) is 5.56. The highest BCUT2D eigenvalue weighted by Crippen LogP contribution is 2.19. The van der Waals surface area contributed by atoms with E-state index < -0.39 is 0 Å². The first kappa shape index (κ1) is 15.5. The second-order valence-corrected chi connectivity index (χ2v) is 6.85. The molecule has 0 spiro atoms. The molecule has 0 aliphatic carbocycles. The van der Waals surface area contributed by atoms with Crippen LogP contribution in [0.3, 0.4) is 0 Å². The average Bonchev–Trinajstić information content (AvgIpc) is 2.95. The van der Waals surface area contributed by atoms with Crippen LogP contribution in [-0.4, -0.2) is 11.9 Å². The van der Waals surface area contributed by atoms with Gasteiger partial charge in [-0.1, -0.05) is 6.07 Å². The summed E-state index contributed by atoms with van der Waals surface area (Å²) in [5.41, 5.74) is 0.827. The first-order valence-electron chi connectivity index (χ1n) is 6.42. The van der Waals surface area contributed by atoms with Crippen LogP contribution >= 0.6 is 33.9 Å². The van der Waals surface area contributed by atoms with Gasteiger partial charge in [0.2, 0.25) is 5.91 Å². The summed E-state index contributed by atoms with van der Waals surface area (Å²) in [5.74, 6) is -0.0189. The van der Waals surface area contributed by atoms with E-state index in [0.717, 1.165) is 9.26 Å². The second kappa shape index (κ2) is 7.19. The van der Waals surface area contributed by atoms with Crippen molar-refractivity contribution in [3.05, 3.63) is 50.2 Å². The minimum Gasteiger partial charge on any atom is -0.325 e. The average molecular weight is 400 g/mol. The third-order valence-electron chi connectivity index (χ3n) is 2.98. The van der Waals surface area contributed by atoms with E-state index >= 15 is 0 Å². The third kappa shape index (κ3) is 4.29. The van der Waals surface area contributed by atoms with Gasteiger partial charge in [0.15, 0.2) is 0 Å². The van der Waals surface area contributed by atoms with Crippen molar-refractivity contribution in [3.8, 4) is 0 Å². The maximum atomic E-state index is 12.1. The fourth-order valence-corrected chi connectivity index (χ4v) is 2.96. The number of nitrogens with one attached hydrogen (secondary N) is 2. The lowest BCUT2D eigenvalue weighted by Gasteiger charge is -2.18. The molecule has 0 aliphatic rings. The van der Waals surface area contributed by atoms with Gasteiger partial charge in [-0.05, 0) is 72.2 Å². The molecule has 106 valence electrons. The van der Waals surface area contributed by atoms with Gasteiger partial charge in [-0.15, -0.1) is 11.3 Å². The molecule has 1 amide bonds. The molecule has 2 N–H and O–H groups in total. The first-order valence-corrected chi connectivity index (χ1v) is 8.38. The largest absolute Gasteiger partial charge is 0.325 e. The minimum absolute atomic E-state index is 0.0189. The first-order chi connectivity index (χ1) is 9.56. The van der Waals surface area contributed by atoms with Crippen molar-refractivity contribution in [3.63, 3.8) is 0 Å². The molecule has 2 unspecified atom stereocenters. The van der Waals surface area contributed by atoms with Gasteiger partial charge in [-0.25, -0.2) is 0 Å². The molecule has 2 aromatic rings. The zero-order valence-electron chi connectivity index (χ0n) is 11.4. The molecule has 2 rings (SSSR count). The summed E-state index contributed by atoms with van der Waals surface area (Å²) in [7, 11) is 0. The summed E-state index contributed by atoms with van der Waals surface area (Å²) in [6.07, 6.45) is 0. The lowest BCUT2D eigenvalue weighted by Crippen LogP contribution is -2.39. The quantitative estimate of drug-likeness (QED) is 0.745. The van der Waals surface area contributed by atoms with E-state index in [2.05, 4.69) is 46.2 Å². The topological polar surface area (TPSA) is 41.1 Å². The molecule has 1 aromatic carbocycles. The van der Waals surface area contributed by atoms with Gasteiger partial charge < -0.3 is 5.32 Å². The van der Waals surface area contributed by atoms with Crippen LogP contribution in [0.2, 0.25) is 0 Å². The van der Waals surface area contributed by atoms with Crippen molar-refractivity contribution in [2.75, 3.05) is 5.32 Å². The molecule has 0 aliphatic heterocycles.